The van der Waals surface area contributed by atoms with E-state index >= 15 is 0 Å². The number of pyridine rings is 1. The largest absolute Gasteiger partial charge is 0.373 e. The first-order valence-electron chi connectivity index (χ1n) is 10.5. The lowest BCUT2D eigenvalue weighted by Crippen LogP contribution is -2.42. The number of amides is 1. The van der Waals surface area contributed by atoms with E-state index in [4.69, 9.17) is 4.98 Å². The first-order chi connectivity index (χ1) is 13.7. The molecule has 2 aromatic heterocycles. The van der Waals surface area contributed by atoms with Gasteiger partial charge in [-0.1, -0.05) is 19.3 Å². The van der Waals surface area contributed by atoms with Crippen LogP contribution in [0.1, 0.15) is 56.6 Å². The van der Waals surface area contributed by atoms with Crippen molar-refractivity contribution in [1.29, 1.82) is 0 Å². The second-order valence-electron chi connectivity index (χ2n) is 7.93. The lowest BCUT2D eigenvalue weighted by molar-refractivity contribution is -0.137. The van der Waals surface area contributed by atoms with Gasteiger partial charge in [0.2, 0.25) is 5.91 Å². The highest BCUT2D eigenvalue weighted by Crippen LogP contribution is 2.32. The molecular formula is C22H29N5O. The van der Waals surface area contributed by atoms with Gasteiger partial charge in [-0.05, 0) is 37.8 Å². The van der Waals surface area contributed by atoms with Crippen LogP contribution in [-0.2, 0) is 4.79 Å². The second kappa shape index (κ2) is 8.67. The second-order valence-corrected chi connectivity index (χ2v) is 7.93. The summed E-state index contributed by atoms with van der Waals surface area (Å²) in [6.45, 7) is 1.67. The Kier molecular flexibility index (Phi) is 5.84. The van der Waals surface area contributed by atoms with Crippen molar-refractivity contribution in [2.24, 2.45) is 5.92 Å². The van der Waals surface area contributed by atoms with Crippen molar-refractivity contribution in [3.8, 4) is 11.4 Å². The Morgan fingerprint density at radius 1 is 1.11 bits per heavy atom. The van der Waals surface area contributed by atoms with Crippen LogP contribution >= 0.6 is 0 Å². The van der Waals surface area contributed by atoms with Gasteiger partial charge in [0.25, 0.3) is 0 Å². The summed E-state index contributed by atoms with van der Waals surface area (Å²) in [5.41, 5.74) is 1.98. The van der Waals surface area contributed by atoms with E-state index < -0.39 is 0 Å². The first kappa shape index (κ1) is 18.8. The van der Waals surface area contributed by atoms with E-state index in [-0.39, 0.29) is 5.92 Å². The van der Waals surface area contributed by atoms with E-state index in [1.165, 1.54) is 19.3 Å². The molecule has 6 heteroatoms. The summed E-state index contributed by atoms with van der Waals surface area (Å²) in [4.78, 5) is 28.5. The Hall–Kier alpha value is -2.50. The van der Waals surface area contributed by atoms with Crippen molar-refractivity contribution in [3.63, 3.8) is 0 Å². The average Bonchev–Trinajstić information content (AvgIpc) is 2.79. The van der Waals surface area contributed by atoms with Crippen molar-refractivity contribution < 1.29 is 4.79 Å². The zero-order chi connectivity index (χ0) is 19.3. The summed E-state index contributed by atoms with van der Waals surface area (Å²) in [7, 11) is 1.88. The molecule has 2 aliphatic rings. The van der Waals surface area contributed by atoms with E-state index in [0.29, 0.717) is 17.6 Å². The molecule has 28 heavy (non-hydrogen) atoms. The number of rotatable bonds is 4. The maximum absolute atomic E-state index is 12.8. The van der Waals surface area contributed by atoms with Crippen LogP contribution in [0.25, 0.3) is 11.4 Å². The van der Waals surface area contributed by atoms with Crippen LogP contribution in [0.4, 0.5) is 5.82 Å². The molecule has 0 atom stereocenters. The summed E-state index contributed by atoms with van der Waals surface area (Å²) in [5, 5.41) is 3.15. The van der Waals surface area contributed by atoms with Gasteiger partial charge >= 0.3 is 0 Å². The Labute approximate surface area is 166 Å². The first-order valence-corrected chi connectivity index (χ1v) is 10.5. The number of nitrogens with zero attached hydrogens (tertiary/aromatic N) is 4. The van der Waals surface area contributed by atoms with Crippen LogP contribution in [0.2, 0.25) is 0 Å². The highest BCUT2D eigenvalue weighted by molar-refractivity contribution is 5.79. The molecule has 6 nitrogen and oxygen atoms in total. The van der Waals surface area contributed by atoms with Crippen LogP contribution in [0.3, 0.4) is 0 Å². The maximum Gasteiger partial charge on any atom is 0.225 e. The maximum atomic E-state index is 12.8. The molecule has 2 fully saturated rings. The number of aromatic nitrogens is 3. The minimum Gasteiger partial charge on any atom is -0.373 e. The number of nitrogens with one attached hydrogen (secondary N) is 1. The van der Waals surface area contributed by atoms with Crippen LogP contribution in [-0.4, -0.2) is 45.9 Å². The van der Waals surface area contributed by atoms with E-state index in [0.717, 1.165) is 55.8 Å². The number of hydrogen-bond donors (Lipinski definition) is 1. The molecule has 1 N–H and O–H groups in total. The third kappa shape index (κ3) is 4.16. The minimum absolute atomic E-state index is 0.262. The molecule has 1 saturated carbocycles. The summed E-state index contributed by atoms with van der Waals surface area (Å²) >= 11 is 0. The van der Waals surface area contributed by atoms with Gasteiger partial charge in [0.15, 0.2) is 5.82 Å². The fourth-order valence-electron chi connectivity index (χ4n) is 4.43. The normalized spacial score (nSPS) is 18.8. The fraction of sp³-hybridized carbons (Fsp3) is 0.545. The summed E-state index contributed by atoms with van der Waals surface area (Å²) < 4.78 is 0. The SMILES string of the molecule is CNc1cc(C2CCN(C(=O)C3CCCCC3)CC2)nc(-c2cccnc2)n1. The number of likely N-dealkylation sites (tertiary alicyclic amines) is 1. The molecule has 4 rings (SSSR count). The summed E-state index contributed by atoms with van der Waals surface area (Å²) in [6.07, 6.45) is 11.3. The molecule has 1 saturated heterocycles. The molecule has 0 radical (unpaired) electrons. The van der Waals surface area contributed by atoms with E-state index in [9.17, 15) is 4.79 Å². The molecule has 1 aliphatic heterocycles. The predicted octanol–water partition coefficient (Wildman–Crippen LogP) is 3.87. The topological polar surface area (TPSA) is 71.0 Å². The van der Waals surface area contributed by atoms with Gasteiger partial charge in [-0.2, -0.15) is 0 Å². The highest BCUT2D eigenvalue weighted by atomic mass is 16.2. The fourth-order valence-corrected chi connectivity index (χ4v) is 4.43. The number of carbonyl (C=O) groups excluding carboxylic acids is 1. The Balaban J connectivity index is 1.46. The molecule has 0 spiro atoms. The van der Waals surface area contributed by atoms with Crippen molar-refractivity contribution >= 4 is 11.7 Å². The van der Waals surface area contributed by atoms with Crippen LogP contribution in [0.15, 0.2) is 30.6 Å². The number of carbonyl (C=O) groups is 1. The number of piperidine rings is 1. The van der Waals surface area contributed by atoms with Crippen LogP contribution in [0.5, 0.6) is 0 Å². The van der Waals surface area contributed by atoms with E-state index in [1.807, 2.05) is 25.2 Å². The monoisotopic (exact) mass is 379 g/mol. The third-order valence-corrected chi connectivity index (χ3v) is 6.10. The van der Waals surface area contributed by atoms with E-state index in [1.54, 1.807) is 12.4 Å². The molecule has 0 unspecified atom stereocenters. The lowest BCUT2D eigenvalue weighted by Gasteiger charge is -2.35. The molecule has 2 aromatic rings. The van der Waals surface area contributed by atoms with Gasteiger partial charge in [0, 0.05) is 61.7 Å². The highest BCUT2D eigenvalue weighted by Gasteiger charge is 2.30. The van der Waals surface area contributed by atoms with Crippen LogP contribution < -0.4 is 5.32 Å². The molecule has 1 aliphatic carbocycles. The molecule has 3 heterocycles. The van der Waals surface area contributed by atoms with Crippen molar-refractivity contribution in [2.75, 3.05) is 25.5 Å². The minimum atomic E-state index is 0.262. The van der Waals surface area contributed by atoms with Crippen molar-refractivity contribution in [2.45, 2.75) is 50.9 Å². The van der Waals surface area contributed by atoms with Gasteiger partial charge in [-0.25, -0.2) is 9.97 Å². The standard InChI is InChI=1S/C22H29N5O/c1-23-20-14-19(25-21(26-20)18-8-5-11-24-15-18)16-9-12-27(13-10-16)22(28)17-6-3-2-4-7-17/h5,8,11,14-17H,2-4,6-7,9-10,12-13H2,1H3,(H,23,25,26). The summed E-state index contributed by atoms with van der Waals surface area (Å²) in [6, 6.07) is 5.93. The zero-order valence-electron chi connectivity index (χ0n) is 16.6. The Morgan fingerprint density at radius 3 is 2.57 bits per heavy atom. The van der Waals surface area contributed by atoms with Crippen LogP contribution in [0, 0.1) is 5.92 Å². The van der Waals surface area contributed by atoms with Gasteiger partial charge in [-0.3, -0.25) is 9.78 Å². The Bertz CT molecular complexity index is 796. The van der Waals surface area contributed by atoms with Crippen molar-refractivity contribution in [1.82, 2.24) is 19.9 Å². The van der Waals surface area contributed by atoms with Gasteiger partial charge in [0.1, 0.15) is 5.82 Å². The van der Waals surface area contributed by atoms with E-state index in [2.05, 4.69) is 20.2 Å². The molecular weight excluding hydrogens is 350 g/mol. The molecule has 0 bridgehead atoms. The molecule has 0 aromatic carbocycles. The smallest absolute Gasteiger partial charge is 0.225 e. The third-order valence-electron chi connectivity index (χ3n) is 6.10. The quantitative estimate of drug-likeness (QED) is 0.873. The number of anilines is 1. The Morgan fingerprint density at radius 2 is 1.89 bits per heavy atom. The van der Waals surface area contributed by atoms with Crippen molar-refractivity contribution in [3.05, 3.63) is 36.3 Å². The molecule has 1 amide bonds. The van der Waals surface area contributed by atoms with Gasteiger partial charge < -0.3 is 10.2 Å². The predicted molar refractivity (Wildman–Crippen MR) is 110 cm³/mol. The number of hydrogen-bond acceptors (Lipinski definition) is 5. The zero-order valence-corrected chi connectivity index (χ0v) is 16.6. The summed E-state index contributed by atoms with van der Waals surface area (Å²) in [5.74, 6) is 2.53. The molecule has 148 valence electrons. The lowest BCUT2D eigenvalue weighted by atomic mass is 9.86. The van der Waals surface area contributed by atoms with Gasteiger partial charge in [0.05, 0.1) is 0 Å². The average molecular weight is 380 g/mol. The van der Waals surface area contributed by atoms with Gasteiger partial charge in [-0.15, -0.1) is 0 Å².